The van der Waals surface area contributed by atoms with Crippen LogP contribution in [0.5, 0.6) is 0 Å². The lowest BCUT2D eigenvalue weighted by Crippen LogP contribution is -1.99. The molecule has 0 amide bonds. The highest BCUT2D eigenvalue weighted by Crippen LogP contribution is 2.29. The van der Waals surface area contributed by atoms with Crippen LogP contribution in [0.3, 0.4) is 0 Å². The maximum atomic E-state index is 11.9. The van der Waals surface area contributed by atoms with Crippen molar-refractivity contribution < 1.29 is 4.79 Å². The zero-order chi connectivity index (χ0) is 15.7. The van der Waals surface area contributed by atoms with E-state index >= 15 is 0 Å². The van der Waals surface area contributed by atoms with E-state index in [1.54, 1.807) is 6.07 Å². The van der Waals surface area contributed by atoms with Crippen molar-refractivity contribution in [2.24, 2.45) is 0 Å². The van der Waals surface area contributed by atoms with E-state index in [0.29, 0.717) is 16.6 Å². The maximum Gasteiger partial charge on any atom is 0.160 e. The fourth-order valence-electron chi connectivity index (χ4n) is 2.63. The van der Waals surface area contributed by atoms with Crippen molar-refractivity contribution in [2.75, 3.05) is 0 Å². The molecule has 0 saturated heterocycles. The molecule has 3 rings (SSSR count). The Labute approximate surface area is 128 Å². The van der Waals surface area contributed by atoms with Gasteiger partial charge in [-0.2, -0.15) is 5.26 Å². The first-order valence-electron chi connectivity index (χ1n) is 7.02. The van der Waals surface area contributed by atoms with E-state index in [1.807, 2.05) is 49.4 Å². The Morgan fingerprint density at radius 1 is 1.09 bits per heavy atom. The Balaban J connectivity index is 2.41. The van der Waals surface area contributed by atoms with Gasteiger partial charge in [0.05, 0.1) is 11.1 Å². The number of Topliss-reactive ketones (excluding diaryl/α,β-unsaturated/α-hetero) is 1. The van der Waals surface area contributed by atoms with Crippen LogP contribution >= 0.6 is 0 Å². The Bertz CT molecular complexity index is 922. The highest BCUT2D eigenvalue weighted by atomic mass is 16.1. The number of carbonyl (C=O) groups excluding carboxylic acids is 1. The number of hydrogen-bond donors (Lipinski definition) is 0. The lowest BCUT2D eigenvalue weighted by Gasteiger charge is -2.10. The van der Waals surface area contributed by atoms with Gasteiger partial charge in [-0.25, -0.2) is 0 Å². The van der Waals surface area contributed by atoms with Crippen LogP contribution in [-0.2, 0) is 0 Å². The lowest BCUT2D eigenvalue weighted by molar-refractivity contribution is 0.101. The zero-order valence-electron chi connectivity index (χ0n) is 12.4. The predicted octanol–water partition coefficient (Wildman–Crippen LogP) is 4.28. The summed E-state index contributed by atoms with van der Waals surface area (Å²) >= 11 is 0. The number of ketones is 1. The summed E-state index contributed by atoms with van der Waals surface area (Å²) in [5.41, 5.74) is 4.35. The van der Waals surface area contributed by atoms with Crippen LogP contribution in [0.25, 0.3) is 22.0 Å². The van der Waals surface area contributed by atoms with E-state index < -0.39 is 0 Å². The molecule has 3 aromatic rings. The highest BCUT2D eigenvalue weighted by Gasteiger charge is 2.13. The van der Waals surface area contributed by atoms with Gasteiger partial charge in [0.1, 0.15) is 6.07 Å². The number of nitriles is 1. The standard InChI is InChI=1S/C19H14N2O/c1-12-8-17(13(2)22)18-10-15(14-6-4-3-5-7-14)9-16(11-20)19(18)21-12/h3-10H,1-2H3. The first-order chi connectivity index (χ1) is 10.6. The Hall–Kier alpha value is -2.99. The van der Waals surface area contributed by atoms with Gasteiger partial charge in [0, 0.05) is 16.6 Å². The van der Waals surface area contributed by atoms with E-state index in [0.717, 1.165) is 22.2 Å². The molecule has 1 aromatic heterocycles. The molecule has 3 nitrogen and oxygen atoms in total. The van der Waals surface area contributed by atoms with Crippen LogP contribution in [-0.4, -0.2) is 10.8 Å². The molecule has 0 fully saturated rings. The molecule has 0 N–H and O–H groups in total. The highest BCUT2D eigenvalue weighted by molar-refractivity contribution is 6.08. The van der Waals surface area contributed by atoms with Crippen LogP contribution in [0.15, 0.2) is 48.5 Å². The molecule has 2 aromatic carbocycles. The summed E-state index contributed by atoms with van der Waals surface area (Å²) in [5, 5.41) is 10.2. The van der Waals surface area contributed by atoms with E-state index in [-0.39, 0.29) is 5.78 Å². The van der Waals surface area contributed by atoms with Crippen molar-refractivity contribution in [3.8, 4) is 17.2 Å². The first kappa shape index (κ1) is 14.0. The minimum atomic E-state index is -0.0235. The number of pyridine rings is 1. The average molecular weight is 286 g/mol. The molecule has 0 aliphatic carbocycles. The van der Waals surface area contributed by atoms with Gasteiger partial charge in [0.15, 0.2) is 5.78 Å². The molecule has 1 heterocycles. The van der Waals surface area contributed by atoms with Crippen molar-refractivity contribution in [3.05, 3.63) is 65.4 Å². The first-order valence-corrected chi connectivity index (χ1v) is 7.02. The largest absolute Gasteiger partial charge is 0.294 e. The molecule has 0 aliphatic rings. The molecule has 106 valence electrons. The summed E-state index contributed by atoms with van der Waals surface area (Å²) < 4.78 is 0. The number of fused-ring (bicyclic) bond motifs is 1. The smallest absolute Gasteiger partial charge is 0.160 e. The van der Waals surface area contributed by atoms with Crippen LogP contribution in [0.4, 0.5) is 0 Å². The molecular formula is C19H14N2O. The van der Waals surface area contributed by atoms with Gasteiger partial charge in [0.25, 0.3) is 0 Å². The van der Waals surface area contributed by atoms with Crippen molar-refractivity contribution in [3.63, 3.8) is 0 Å². The van der Waals surface area contributed by atoms with Gasteiger partial charge in [-0.15, -0.1) is 0 Å². The van der Waals surface area contributed by atoms with Crippen molar-refractivity contribution in [1.82, 2.24) is 4.98 Å². The molecule has 0 unspecified atom stereocenters. The van der Waals surface area contributed by atoms with Gasteiger partial charge in [-0.1, -0.05) is 30.3 Å². The number of nitrogens with zero attached hydrogens (tertiary/aromatic N) is 2. The summed E-state index contributed by atoms with van der Waals surface area (Å²) in [4.78, 5) is 16.4. The van der Waals surface area contributed by atoms with Gasteiger partial charge in [-0.05, 0) is 43.2 Å². The molecule has 0 spiro atoms. The van der Waals surface area contributed by atoms with E-state index in [9.17, 15) is 10.1 Å². The summed E-state index contributed by atoms with van der Waals surface area (Å²) in [6.07, 6.45) is 0. The third kappa shape index (κ3) is 2.36. The SMILES string of the molecule is CC(=O)c1cc(C)nc2c(C#N)cc(-c3ccccc3)cc12. The summed E-state index contributed by atoms with van der Waals surface area (Å²) in [6.45, 7) is 3.37. The predicted molar refractivity (Wildman–Crippen MR) is 86.6 cm³/mol. The average Bonchev–Trinajstić information content (AvgIpc) is 2.53. The second-order valence-electron chi connectivity index (χ2n) is 5.27. The van der Waals surface area contributed by atoms with Crippen molar-refractivity contribution in [2.45, 2.75) is 13.8 Å². The summed E-state index contributed by atoms with van der Waals surface area (Å²) in [6, 6.07) is 17.6. The van der Waals surface area contributed by atoms with Crippen molar-refractivity contribution in [1.29, 1.82) is 5.26 Å². The van der Waals surface area contributed by atoms with Crippen LogP contribution < -0.4 is 0 Å². The third-order valence-electron chi connectivity index (χ3n) is 3.65. The zero-order valence-corrected chi connectivity index (χ0v) is 12.4. The Morgan fingerprint density at radius 2 is 1.82 bits per heavy atom. The molecular weight excluding hydrogens is 272 g/mol. The van der Waals surface area contributed by atoms with Crippen LogP contribution in [0, 0.1) is 18.3 Å². The second-order valence-corrected chi connectivity index (χ2v) is 5.27. The molecule has 0 atom stereocenters. The second kappa shape index (κ2) is 5.42. The third-order valence-corrected chi connectivity index (χ3v) is 3.65. The van der Waals surface area contributed by atoms with Gasteiger partial charge < -0.3 is 0 Å². The van der Waals surface area contributed by atoms with Crippen LogP contribution in [0.2, 0.25) is 0 Å². The van der Waals surface area contributed by atoms with E-state index in [4.69, 9.17) is 0 Å². The van der Waals surface area contributed by atoms with E-state index in [1.165, 1.54) is 6.92 Å². The Kier molecular flexibility index (Phi) is 3.44. The number of aryl methyl sites for hydroxylation is 1. The van der Waals surface area contributed by atoms with Crippen molar-refractivity contribution >= 4 is 16.7 Å². The number of rotatable bonds is 2. The molecule has 0 aliphatic heterocycles. The monoisotopic (exact) mass is 286 g/mol. The fraction of sp³-hybridized carbons (Fsp3) is 0.105. The summed E-state index contributed by atoms with van der Waals surface area (Å²) in [5.74, 6) is -0.0235. The molecule has 0 radical (unpaired) electrons. The molecule has 0 bridgehead atoms. The number of hydrogen-bond acceptors (Lipinski definition) is 3. The minimum Gasteiger partial charge on any atom is -0.294 e. The Morgan fingerprint density at radius 3 is 2.45 bits per heavy atom. The van der Waals surface area contributed by atoms with Crippen LogP contribution in [0.1, 0.15) is 28.5 Å². The topological polar surface area (TPSA) is 53.8 Å². The number of benzene rings is 2. The van der Waals surface area contributed by atoms with Gasteiger partial charge in [0.2, 0.25) is 0 Å². The molecule has 22 heavy (non-hydrogen) atoms. The molecule has 0 saturated carbocycles. The number of aromatic nitrogens is 1. The summed E-state index contributed by atoms with van der Waals surface area (Å²) in [7, 11) is 0. The normalized spacial score (nSPS) is 10.4. The number of carbonyl (C=O) groups is 1. The fourth-order valence-corrected chi connectivity index (χ4v) is 2.63. The lowest BCUT2D eigenvalue weighted by atomic mass is 9.96. The molecule has 3 heteroatoms. The van der Waals surface area contributed by atoms with Gasteiger partial charge >= 0.3 is 0 Å². The van der Waals surface area contributed by atoms with Gasteiger partial charge in [-0.3, -0.25) is 9.78 Å². The minimum absolute atomic E-state index is 0.0235. The maximum absolute atomic E-state index is 11.9. The van der Waals surface area contributed by atoms with E-state index in [2.05, 4.69) is 11.1 Å². The quantitative estimate of drug-likeness (QED) is 0.660.